The van der Waals surface area contributed by atoms with Gasteiger partial charge in [-0.1, -0.05) is 19.9 Å². The Hall–Kier alpha value is -0.930. The molecule has 0 amide bonds. The number of piperidine rings is 1. The van der Waals surface area contributed by atoms with Gasteiger partial charge in [0.2, 0.25) is 0 Å². The van der Waals surface area contributed by atoms with Crippen molar-refractivity contribution in [3.05, 3.63) is 35.1 Å². The summed E-state index contributed by atoms with van der Waals surface area (Å²) in [6.45, 7) is 9.04. The molecular weight excluding hydrogens is 241 g/mol. The number of rotatable bonds is 3. The van der Waals surface area contributed by atoms with E-state index in [0.717, 1.165) is 43.6 Å². The van der Waals surface area contributed by atoms with Crippen molar-refractivity contribution in [2.75, 3.05) is 19.7 Å². The fourth-order valence-corrected chi connectivity index (χ4v) is 2.49. The Bertz CT molecular complexity index is 353. The molecule has 2 nitrogen and oxygen atoms in total. The summed E-state index contributed by atoms with van der Waals surface area (Å²) in [5.74, 6) is 0.311. The fourth-order valence-electron chi connectivity index (χ4n) is 2.49. The molecule has 2 rings (SSSR count). The summed E-state index contributed by atoms with van der Waals surface area (Å²) < 4.78 is 13.2. The van der Waals surface area contributed by atoms with Crippen LogP contribution in [0, 0.1) is 18.7 Å². The summed E-state index contributed by atoms with van der Waals surface area (Å²) in [5.41, 5.74) is 2.02. The van der Waals surface area contributed by atoms with Crippen molar-refractivity contribution >= 4 is 0 Å². The second-order valence-corrected chi connectivity index (χ2v) is 5.04. The summed E-state index contributed by atoms with van der Waals surface area (Å²) >= 11 is 0. The fraction of sp³-hybridized carbons (Fsp3) is 0.625. The molecule has 0 spiro atoms. The Morgan fingerprint density at radius 1 is 1.21 bits per heavy atom. The first-order valence-electron chi connectivity index (χ1n) is 7.26. The molecule has 1 aromatic rings. The molecule has 108 valence electrons. The van der Waals surface area contributed by atoms with Gasteiger partial charge in [0.15, 0.2) is 0 Å². The third kappa shape index (κ3) is 5.29. The smallest absolute Gasteiger partial charge is 0.123 e. The van der Waals surface area contributed by atoms with Crippen molar-refractivity contribution in [3.63, 3.8) is 0 Å². The van der Waals surface area contributed by atoms with Crippen LogP contribution in [0.2, 0.25) is 0 Å². The Morgan fingerprint density at radius 3 is 2.37 bits per heavy atom. The summed E-state index contributed by atoms with van der Waals surface area (Å²) in [6.07, 6.45) is 2.09. The maximum absolute atomic E-state index is 13.2. The number of aliphatic hydroxyl groups excluding tert-OH is 1. The normalized spacial score (nSPS) is 16.9. The molecule has 0 aromatic heterocycles. The zero-order valence-corrected chi connectivity index (χ0v) is 12.3. The lowest BCUT2D eigenvalue weighted by molar-refractivity contribution is 0.127. The highest BCUT2D eigenvalue weighted by molar-refractivity contribution is 5.23. The third-order valence-corrected chi connectivity index (χ3v) is 3.47. The second kappa shape index (κ2) is 8.28. The lowest BCUT2D eigenvalue weighted by atomic mass is 9.97. The van der Waals surface area contributed by atoms with E-state index in [1.807, 2.05) is 26.8 Å². The molecule has 1 aliphatic rings. The molecule has 1 saturated heterocycles. The Labute approximate surface area is 116 Å². The van der Waals surface area contributed by atoms with Gasteiger partial charge in [-0.2, -0.15) is 0 Å². The van der Waals surface area contributed by atoms with Gasteiger partial charge in [0, 0.05) is 13.2 Å². The van der Waals surface area contributed by atoms with Crippen LogP contribution in [0.25, 0.3) is 0 Å². The van der Waals surface area contributed by atoms with Crippen molar-refractivity contribution < 1.29 is 9.50 Å². The van der Waals surface area contributed by atoms with Gasteiger partial charge in [-0.15, -0.1) is 0 Å². The van der Waals surface area contributed by atoms with E-state index in [0.29, 0.717) is 12.5 Å². The Kier molecular flexibility index (Phi) is 7.03. The van der Waals surface area contributed by atoms with Crippen molar-refractivity contribution in [1.82, 2.24) is 4.90 Å². The van der Waals surface area contributed by atoms with E-state index < -0.39 is 0 Å². The van der Waals surface area contributed by atoms with Gasteiger partial charge >= 0.3 is 0 Å². The van der Waals surface area contributed by atoms with Gasteiger partial charge in [0.05, 0.1) is 0 Å². The highest BCUT2D eigenvalue weighted by atomic mass is 19.1. The predicted octanol–water partition coefficient (Wildman–Crippen LogP) is 3.36. The van der Waals surface area contributed by atoms with Gasteiger partial charge < -0.3 is 5.11 Å². The molecule has 19 heavy (non-hydrogen) atoms. The largest absolute Gasteiger partial charge is 0.396 e. The van der Waals surface area contributed by atoms with Crippen molar-refractivity contribution in [2.24, 2.45) is 5.92 Å². The van der Waals surface area contributed by atoms with Crippen LogP contribution in [-0.4, -0.2) is 29.7 Å². The summed E-state index contributed by atoms with van der Waals surface area (Å²) in [4.78, 5) is 2.33. The highest BCUT2D eigenvalue weighted by Crippen LogP contribution is 2.19. The third-order valence-electron chi connectivity index (χ3n) is 3.47. The maximum atomic E-state index is 13.2. The molecule has 0 saturated carbocycles. The average molecular weight is 267 g/mol. The van der Waals surface area contributed by atoms with Crippen LogP contribution in [0.15, 0.2) is 18.2 Å². The molecular formula is C16H26FNO. The van der Waals surface area contributed by atoms with Gasteiger partial charge in [0.25, 0.3) is 0 Å². The number of nitrogens with zero attached hydrogens (tertiary/aromatic N) is 1. The van der Waals surface area contributed by atoms with Gasteiger partial charge in [0.1, 0.15) is 5.82 Å². The topological polar surface area (TPSA) is 23.5 Å². The highest BCUT2D eigenvalue weighted by Gasteiger charge is 2.18. The monoisotopic (exact) mass is 267 g/mol. The van der Waals surface area contributed by atoms with E-state index in [1.165, 1.54) is 0 Å². The lowest BCUT2D eigenvalue weighted by Gasteiger charge is -2.31. The van der Waals surface area contributed by atoms with Gasteiger partial charge in [-0.25, -0.2) is 4.39 Å². The van der Waals surface area contributed by atoms with E-state index >= 15 is 0 Å². The van der Waals surface area contributed by atoms with Crippen LogP contribution < -0.4 is 0 Å². The molecule has 3 heteroatoms. The molecule has 1 fully saturated rings. The van der Waals surface area contributed by atoms with Crippen LogP contribution in [0.4, 0.5) is 4.39 Å². The SMILES string of the molecule is CC.Cc1cc(F)cc(CN2CCC(CO)CC2)c1. The van der Waals surface area contributed by atoms with Crippen molar-refractivity contribution in [1.29, 1.82) is 0 Å². The first-order chi connectivity index (χ1) is 9.17. The summed E-state index contributed by atoms with van der Waals surface area (Å²) in [6, 6.07) is 5.22. The summed E-state index contributed by atoms with van der Waals surface area (Å²) in [7, 11) is 0. The molecule has 0 atom stereocenters. The number of aryl methyl sites for hydroxylation is 1. The molecule has 0 radical (unpaired) electrons. The number of halogens is 1. The summed E-state index contributed by atoms with van der Waals surface area (Å²) in [5, 5.41) is 9.07. The molecule has 1 N–H and O–H groups in total. The minimum Gasteiger partial charge on any atom is -0.396 e. The average Bonchev–Trinajstić information content (AvgIpc) is 2.41. The van der Waals surface area contributed by atoms with E-state index in [9.17, 15) is 4.39 Å². The van der Waals surface area contributed by atoms with Crippen LogP contribution in [0.1, 0.15) is 37.8 Å². The molecule has 0 aliphatic carbocycles. The molecule has 0 unspecified atom stereocenters. The quantitative estimate of drug-likeness (QED) is 0.907. The van der Waals surface area contributed by atoms with Gasteiger partial charge in [-0.05, 0) is 62.0 Å². The molecule has 0 bridgehead atoms. The van der Waals surface area contributed by atoms with Crippen LogP contribution >= 0.6 is 0 Å². The van der Waals surface area contributed by atoms with Crippen LogP contribution in [0.5, 0.6) is 0 Å². The zero-order chi connectivity index (χ0) is 14.3. The lowest BCUT2D eigenvalue weighted by Crippen LogP contribution is -2.34. The van der Waals surface area contributed by atoms with Gasteiger partial charge in [-0.3, -0.25) is 4.90 Å². The Balaban J connectivity index is 0.000000861. The first-order valence-corrected chi connectivity index (χ1v) is 7.26. The van der Waals surface area contributed by atoms with Crippen LogP contribution in [-0.2, 0) is 6.54 Å². The molecule has 1 aliphatic heterocycles. The van der Waals surface area contributed by atoms with Crippen molar-refractivity contribution in [3.8, 4) is 0 Å². The maximum Gasteiger partial charge on any atom is 0.123 e. The predicted molar refractivity (Wildman–Crippen MR) is 77.6 cm³/mol. The number of hydrogen-bond donors (Lipinski definition) is 1. The Morgan fingerprint density at radius 2 is 1.84 bits per heavy atom. The van der Waals surface area contributed by atoms with Crippen LogP contribution in [0.3, 0.4) is 0 Å². The van der Waals surface area contributed by atoms with E-state index in [1.54, 1.807) is 12.1 Å². The van der Waals surface area contributed by atoms with E-state index in [-0.39, 0.29) is 5.82 Å². The van der Waals surface area contributed by atoms with Crippen molar-refractivity contribution in [2.45, 2.75) is 40.2 Å². The minimum atomic E-state index is -0.148. The second-order valence-electron chi connectivity index (χ2n) is 5.04. The minimum absolute atomic E-state index is 0.148. The number of likely N-dealkylation sites (tertiary alicyclic amines) is 1. The van der Waals surface area contributed by atoms with E-state index in [2.05, 4.69) is 4.90 Å². The van der Waals surface area contributed by atoms with E-state index in [4.69, 9.17) is 5.11 Å². The molecule has 1 aromatic carbocycles. The number of hydrogen-bond acceptors (Lipinski definition) is 2. The number of aliphatic hydroxyl groups is 1. The zero-order valence-electron chi connectivity index (χ0n) is 12.3. The number of benzene rings is 1. The first kappa shape index (κ1) is 16.1. The standard InChI is InChI=1S/C14H20FNO.C2H6/c1-11-6-13(8-14(15)7-11)9-16-4-2-12(10-17)3-5-16;1-2/h6-8,12,17H,2-5,9-10H2,1H3;1-2H3. The molecule has 1 heterocycles.